The van der Waals surface area contributed by atoms with Crippen LogP contribution < -0.4 is 0 Å². The summed E-state index contributed by atoms with van der Waals surface area (Å²) in [5.41, 5.74) is 3.80. The summed E-state index contributed by atoms with van der Waals surface area (Å²) < 4.78 is 0. The lowest BCUT2D eigenvalue weighted by Gasteiger charge is -2.36. The number of rotatable bonds is 8. The molecular formula is C27H37ClSi. The molecule has 0 nitrogen and oxygen atoms in total. The molecule has 0 aromatic heterocycles. The molecule has 1 saturated carbocycles. The van der Waals surface area contributed by atoms with Crippen LogP contribution in [0.25, 0.3) is 11.1 Å². The molecule has 1 atom stereocenters. The molecule has 2 aromatic carbocycles. The molecule has 156 valence electrons. The van der Waals surface area contributed by atoms with Crippen molar-refractivity contribution in [3.05, 3.63) is 71.4 Å². The minimum Gasteiger partial charge on any atom is -0.113 e. The van der Waals surface area contributed by atoms with E-state index in [0.717, 1.165) is 5.92 Å². The molecule has 2 aromatic rings. The number of allylic oxidation sites excluding steroid dienone is 2. The van der Waals surface area contributed by atoms with E-state index in [1.165, 1.54) is 66.9 Å². The van der Waals surface area contributed by atoms with Gasteiger partial charge in [-0.2, -0.15) is 0 Å². The molecule has 1 unspecified atom stereocenters. The second-order valence-electron chi connectivity index (χ2n) is 8.71. The van der Waals surface area contributed by atoms with Crippen LogP contribution in [0.3, 0.4) is 0 Å². The molecule has 0 N–H and O–H groups in total. The zero-order valence-electron chi connectivity index (χ0n) is 18.5. The highest BCUT2D eigenvalue weighted by Crippen LogP contribution is 2.42. The summed E-state index contributed by atoms with van der Waals surface area (Å²) in [4.78, 5) is 0. The monoisotopic (exact) mass is 424 g/mol. The van der Waals surface area contributed by atoms with E-state index in [2.05, 4.69) is 81.4 Å². The Hall–Kier alpha value is -1.31. The van der Waals surface area contributed by atoms with E-state index in [9.17, 15) is 0 Å². The van der Waals surface area contributed by atoms with Gasteiger partial charge in [-0.15, -0.1) is 11.6 Å². The van der Waals surface area contributed by atoms with Crippen LogP contribution >= 0.6 is 11.6 Å². The van der Waals surface area contributed by atoms with E-state index in [1.54, 1.807) is 5.20 Å². The van der Waals surface area contributed by atoms with Crippen molar-refractivity contribution >= 4 is 19.7 Å². The molecule has 0 spiro atoms. The fourth-order valence-corrected chi connectivity index (χ4v) is 10.0. The maximum Gasteiger partial charge on any atom is 0.0827 e. The summed E-state index contributed by atoms with van der Waals surface area (Å²) in [6.45, 7) is 7.20. The van der Waals surface area contributed by atoms with Gasteiger partial charge >= 0.3 is 0 Å². The van der Waals surface area contributed by atoms with Gasteiger partial charge in [0, 0.05) is 0 Å². The van der Waals surface area contributed by atoms with Crippen molar-refractivity contribution in [2.24, 2.45) is 5.92 Å². The van der Waals surface area contributed by atoms with Crippen LogP contribution in [0, 0.1) is 5.92 Å². The third-order valence-electron chi connectivity index (χ3n) is 7.29. The van der Waals surface area contributed by atoms with Gasteiger partial charge in [0.05, 0.1) is 13.5 Å². The molecule has 1 aliphatic carbocycles. The average molecular weight is 425 g/mol. The molecule has 2 heteroatoms. The highest BCUT2D eigenvalue weighted by molar-refractivity contribution is 6.87. The van der Waals surface area contributed by atoms with E-state index >= 15 is 0 Å². The first-order chi connectivity index (χ1) is 14.1. The fraction of sp³-hybridized carbons (Fsp3) is 0.481. The largest absolute Gasteiger partial charge is 0.113 e. The van der Waals surface area contributed by atoms with Crippen LogP contribution in [0.15, 0.2) is 65.9 Å². The molecule has 0 saturated heterocycles. The predicted octanol–water partition coefficient (Wildman–Crippen LogP) is 9.19. The first kappa shape index (κ1) is 22.4. The summed E-state index contributed by atoms with van der Waals surface area (Å²) in [5.74, 6) is 0.736. The summed E-state index contributed by atoms with van der Waals surface area (Å²) in [6, 6.07) is 23.5. The van der Waals surface area contributed by atoms with E-state index < -0.39 is 8.07 Å². The molecule has 1 fully saturated rings. The molecule has 0 radical (unpaired) electrons. The van der Waals surface area contributed by atoms with Gasteiger partial charge in [0.15, 0.2) is 0 Å². The Kier molecular flexibility index (Phi) is 8.21. The Labute approximate surface area is 184 Å². The Morgan fingerprint density at radius 2 is 1.41 bits per heavy atom. The standard InChI is InChI=1S/C27H37ClSi/c1-4-29(5-2,6-3)26(21-22-13-9-7-10-14-22)27(28)25-19-17-24(18-20-25)23-15-11-8-12-16-23/h8,11-12,15-22,27H,4-7,9-10,13-14H2,1-3H3/b26-21-. The molecule has 0 heterocycles. The quantitative estimate of drug-likeness (QED) is 0.292. The zero-order chi connectivity index (χ0) is 20.7. The highest BCUT2D eigenvalue weighted by atomic mass is 35.5. The summed E-state index contributed by atoms with van der Waals surface area (Å²) in [5, 5.41) is 1.64. The Morgan fingerprint density at radius 3 is 1.97 bits per heavy atom. The average Bonchev–Trinajstić information content (AvgIpc) is 2.81. The Balaban J connectivity index is 1.93. The number of hydrogen-bond acceptors (Lipinski definition) is 0. The SMILES string of the molecule is CC[Si](CC)(CC)/C(=C\C1CCCCC1)C(Cl)c1ccc(-c2ccccc2)cc1. The second kappa shape index (κ2) is 10.6. The molecule has 0 amide bonds. The Morgan fingerprint density at radius 1 is 0.862 bits per heavy atom. The normalized spacial score (nSPS) is 17.3. The van der Waals surface area contributed by atoms with Gasteiger partial charge in [-0.05, 0) is 35.4 Å². The van der Waals surface area contributed by atoms with Gasteiger partial charge in [0.25, 0.3) is 0 Å². The third kappa shape index (κ3) is 5.24. The van der Waals surface area contributed by atoms with Gasteiger partial charge in [0.1, 0.15) is 0 Å². The lowest BCUT2D eigenvalue weighted by atomic mass is 9.88. The van der Waals surface area contributed by atoms with Crippen LogP contribution in [-0.2, 0) is 0 Å². The first-order valence-corrected chi connectivity index (χ1v) is 14.7. The van der Waals surface area contributed by atoms with Gasteiger partial charge in [0.2, 0.25) is 0 Å². The fourth-order valence-electron chi connectivity index (χ4n) is 5.10. The van der Waals surface area contributed by atoms with Crippen molar-refractivity contribution in [3.63, 3.8) is 0 Å². The second-order valence-corrected chi connectivity index (χ2v) is 14.4. The van der Waals surface area contributed by atoms with Crippen LogP contribution in [0.1, 0.15) is 63.8 Å². The van der Waals surface area contributed by atoms with Gasteiger partial charge in [-0.25, -0.2) is 0 Å². The topological polar surface area (TPSA) is 0 Å². The minimum atomic E-state index is -1.53. The van der Waals surface area contributed by atoms with Crippen molar-refractivity contribution in [1.29, 1.82) is 0 Å². The van der Waals surface area contributed by atoms with Crippen LogP contribution in [0.4, 0.5) is 0 Å². The number of halogens is 1. The van der Waals surface area contributed by atoms with Gasteiger partial charge < -0.3 is 0 Å². The summed E-state index contributed by atoms with van der Waals surface area (Å²) in [7, 11) is -1.53. The number of benzene rings is 2. The van der Waals surface area contributed by atoms with E-state index in [-0.39, 0.29) is 5.38 Å². The smallest absolute Gasteiger partial charge is 0.0827 e. The van der Waals surface area contributed by atoms with Crippen LogP contribution in [0.2, 0.25) is 18.1 Å². The van der Waals surface area contributed by atoms with Crippen molar-refractivity contribution in [2.75, 3.05) is 0 Å². The molecule has 3 rings (SSSR count). The number of alkyl halides is 1. The molecule has 0 aliphatic heterocycles. The molecule has 0 bridgehead atoms. The van der Waals surface area contributed by atoms with Crippen LogP contribution in [0.5, 0.6) is 0 Å². The maximum absolute atomic E-state index is 7.28. The van der Waals surface area contributed by atoms with Crippen molar-refractivity contribution in [2.45, 2.75) is 76.4 Å². The van der Waals surface area contributed by atoms with Crippen molar-refractivity contribution in [1.82, 2.24) is 0 Å². The van der Waals surface area contributed by atoms with Gasteiger partial charge in [-0.3, -0.25) is 0 Å². The van der Waals surface area contributed by atoms with E-state index in [1.807, 2.05) is 0 Å². The van der Waals surface area contributed by atoms with Crippen molar-refractivity contribution in [3.8, 4) is 11.1 Å². The number of hydrogen-bond donors (Lipinski definition) is 0. The minimum absolute atomic E-state index is 0.0215. The lowest BCUT2D eigenvalue weighted by Crippen LogP contribution is -2.37. The molecule has 29 heavy (non-hydrogen) atoms. The van der Waals surface area contributed by atoms with Gasteiger partial charge in [-0.1, -0.05) is 124 Å². The maximum atomic E-state index is 7.28. The zero-order valence-corrected chi connectivity index (χ0v) is 20.2. The summed E-state index contributed by atoms with van der Waals surface area (Å²) >= 11 is 7.28. The predicted molar refractivity (Wildman–Crippen MR) is 132 cm³/mol. The first-order valence-electron chi connectivity index (χ1n) is 11.6. The van der Waals surface area contributed by atoms with Crippen LogP contribution in [-0.4, -0.2) is 8.07 Å². The lowest BCUT2D eigenvalue weighted by molar-refractivity contribution is 0.418. The van der Waals surface area contributed by atoms with Crippen molar-refractivity contribution < 1.29 is 0 Å². The third-order valence-corrected chi connectivity index (χ3v) is 13.7. The summed E-state index contributed by atoms with van der Waals surface area (Å²) in [6.07, 6.45) is 9.52. The molecule has 1 aliphatic rings. The molecular weight excluding hydrogens is 388 g/mol. The Bertz CT molecular complexity index is 760. The highest BCUT2D eigenvalue weighted by Gasteiger charge is 2.36. The van der Waals surface area contributed by atoms with E-state index in [4.69, 9.17) is 11.6 Å². The van der Waals surface area contributed by atoms with E-state index in [0.29, 0.717) is 0 Å².